The Morgan fingerprint density at radius 3 is 3.20 bits per heavy atom. The van der Waals surface area contributed by atoms with Crippen LogP contribution in [0.25, 0.3) is 0 Å². The number of aldehydes is 1. The molecule has 1 heterocycles. The van der Waals surface area contributed by atoms with Gasteiger partial charge in [0.2, 0.25) is 0 Å². The van der Waals surface area contributed by atoms with Crippen molar-refractivity contribution in [3.63, 3.8) is 0 Å². The summed E-state index contributed by atoms with van der Waals surface area (Å²) in [7, 11) is 0. The minimum atomic E-state index is 0.817. The van der Waals surface area contributed by atoms with Crippen molar-refractivity contribution in [3.05, 3.63) is 22.7 Å². The molecule has 0 aromatic carbocycles. The van der Waals surface area contributed by atoms with Crippen molar-refractivity contribution < 1.29 is 4.79 Å². The van der Waals surface area contributed by atoms with Crippen LogP contribution in [0.15, 0.2) is 22.7 Å². The van der Waals surface area contributed by atoms with E-state index in [1.807, 2.05) is 16.5 Å². The van der Waals surface area contributed by atoms with E-state index in [4.69, 9.17) is 0 Å². The molecule has 0 N–H and O–H groups in total. The number of carbonyl (C=O) groups excluding carboxylic acids is 1. The molecular formula is C7H9NOS. The van der Waals surface area contributed by atoms with E-state index in [0.29, 0.717) is 0 Å². The first-order valence-electron chi connectivity index (χ1n) is 3.14. The average Bonchev–Trinajstić information content (AvgIpc) is 2.36. The van der Waals surface area contributed by atoms with Crippen molar-refractivity contribution in [3.8, 4) is 0 Å². The lowest BCUT2D eigenvalue weighted by Crippen LogP contribution is -2.09. The number of hydrogen-bond donors (Lipinski definition) is 0. The molecule has 1 aliphatic rings. The van der Waals surface area contributed by atoms with E-state index in [9.17, 15) is 4.79 Å². The van der Waals surface area contributed by atoms with Gasteiger partial charge in [0.15, 0.2) is 0 Å². The summed E-state index contributed by atoms with van der Waals surface area (Å²) in [5.74, 6) is 0. The minimum absolute atomic E-state index is 0.817. The first-order chi connectivity index (χ1) is 4.88. The van der Waals surface area contributed by atoms with E-state index in [1.165, 1.54) is 0 Å². The first kappa shape index (κ1) is 7.41. The highest BCUT2D eigenvalue weighted by atomic mass is 32.2. The van der Waals surface area contributed by atoms with E-state index >= 15 is 0 Å². The number of hydrogen-bond acceptors (Lipinski definition) is 3. The fourth-order valence-electron chi connectivity index (χ4n) is 0.769. The molecule has 0 atom stereocenters. The van der Waals surface area contributed by atoms with E-state index in [2.05, 4.69) is 6.92 Å². The first-order valence-corrected chi connectivity index (χ1v) is 4.02. The highest BCUT2D eigenvalue weighted by Gasteiger charge is 2.08. The lowest BCUT2D eigenvalue weighted by atomic mass is 10.5. The normalized spacial score (nSPS) is 20.5. The Kier molecular flexibility index (Phi) is 2.57. The molecule has 0 spiro atoms. The Morgan fingerprint density at radius 1 is 1.80 bits per heavy atom. The van der Waals surface area contributed by atoms with Crippen molar-refractivity contribution in [1.29, 1.82) is 0 Å². The Labute approximate surface area is 64.6 Å². The van der Waals surface area contributed by atoms with E-state index in [1.54, 1.807) is 17.8 Å². The van der Waals surface area contributed by atoms with E-state index < -0.39 is 0 Å². The summed E-state index contributed by atoms with van der Waals surface area (Å²) in [4.78, 5) is 12.1. The molecule has 0 unspecified atom stereocenters. The van der Waals surface area contributed by atoms with Crippen molar-refractivity contribution in [2.24, 2.45) is 0 Å². The van der Waals surface area contributed by atoms with Crippen LogP contribution in [0.1, 0.15) is 6.92 Å². The fraction of sp³-hybridized carbons (Fsp3) is 0.286. The summed E-state index contributed by atoms with van der Waals surface area (Å²) in [5.41, 5.74) is 0. The number of allylic oxidation sites excluding steroid dienone is 1. The number of nitrogens with zero attached hydrogens (tertiary/aromatic N) is 1. The van der Waals surface area contributed by atoms with Gasteiger partial charge in [-0.25, -0.2) is 0 Å². The smallest absolute Gasteiger partial charge is 0.145 e. The molecule has 3 heteroatoms. The molecule has 1 rings (SSSR count). The third-order valence-electron chi connectivity index (χ3n) is 1.26. The summed E-state index contributed by atoms with van der Waals surface area (Å²) in [6, 6.07) is 0. The van der Waals surface area contributed by atoms with Crippen LogP contribution in [-0.2, 0) is 4.79 Å². The zero-order valence-corrected chi connectivity index (χ0v) is 6.60. The van der Waals surface area contributed by atoms with Crippen molar-refractivity contribution in [2.75, 3.05) is 6.54 Å². The van der Waals surface area contributed by atoms with Gasteiger partial charge in [-0.3, -0.25) is 4.79 Å². The Morgan fingerprint density at radius 2 is 2.60 bits per heavy atom. The Balaban J connectivity index is 2.63. The summed E-state index contributed by atoms with van der Waals surface area (Å²) in [6.07, 6.45) is 4.37. The van der Waals surface area contributed by atoms with Crippen molar-refractivity contribution in [2.45, 2.75) is 6.92 Å². The van der Waals surface area contributed by atoms with Gasteiger partial charge in [0.25, 0.3) is 0 Å². The van der Waals surface area contributed by atoms with Gasteiger partial charge < -0.3 is 4.90 Å². The summed E-state index contributed by atoms with van der Waals surface area (Å²) >= 11 is 1.57. The van der Waals surface area contributed by atoms with Gasteiger partial charge in [0.1, 0.15) is 6.29 Å². The quantitative estimate of drug-likeness (QED) is 0.446. The lowest BCUT2D eigenvalue weighted by molar-refractivity contribution is -0.104. The largest absolute Gasteiger partial charge is 0.342 e. The monoisotopic (exact) mass is 155 g/mol. The second-order valence-electron chi connectivity index (χ2n) is 1.83. The average molecular weight is 155 g/mol. The topological polar surface area (TPSA) is 20.3 Å². The maximum atomic E-state index is 10.1. The minimum Gasteiger partial charge on any atom is -0.342 e. The lowest BCUT2D eigenvalue weighted by Gasteiger charge is -2.12. The van der Waals surface area contributed by atoms with Gasteiger partial charge in [-0.2, -0.15) is 0 Å². The zero-order valence-electron chi connectivity index (χ0n) is 5.78. The summed E-state index contributed by atoms with van der Waals surface area (Å²) < 4.78 is 0. The van der Waals surface area contributed by atoms with Crippen LogP contribution in [-0.4, -0.2) is 17.7 Å². The molecule has 2 nitrogen and oxygen atoms in total. The number of carbonyl (C=O) groups is 1. The van der Waals surface area contributed by atoms with Crippen LogP contribution in [0.4, 0.5) is 0 Å². The second kappa shape index (κ2) is 3.46. The van der Waals surface area contributed by atoms with Crippen LogP contribution in [0.2, 0.25) is 0 Å². The maximum Gasteiger partial charge on any atom is 0.145 e. The molecule has 0 fully saturated rings. The number of thioether (sulfide) groups is 1. The summed E-state index contributed by atoms with van der Waals surface area (Å²) in [6.45, 7) is 2.97. The number of rotatable bonds is 2. The van der Waals surface area contributed by atoms with Gasteiger partial charge in [-0.15, -0.1) is 0 Å². The highest BCUT2D eigenvalue weighted by molar-refractivity contribution is 8.06. The predicted molar refractivity (Wildman–Crippen MR) is 43.3 cm³/mol. The van der Waals surface area contributed by atoms with E-state index in [-0.39, 0.29) is 0 Å². The van der Waals surface area contributed by atoms with Gasteiger partial charge >= 0.3 is 0 Å². The van der Waals surface area contributed by atoms with Gasteiger partial charge in [-0.05, 0) is 12.3 Å². The maximum absolute atomic E-state index is 10.1. The molecule has 0 amide bonds. The molecule has 0 aromatic rings. The third-order valence-corrected chi connectivity index (χ3v) is 2.13. The molecular weight excluding hydrogens is 146 g/mol. The standard InChI is InChI=1S/C7H9NOS/c1-2-8-4-6-10-7(8)3-5-9/h3-6H,2H2,1H3. The highest BCUT2D eigenvalue weighted by Crippen LogP contribution is 2.27. The molecule has 54 valence electrons. The Hall–Kier alpha value is -0.700. The third kappa shape index (κ3) is 1.42. The van der Waals surface area contributed by atoms with Gasteiger partial charge in [0, 0.05) is 18.8 Å². The SMILES string of the molecule is CCN1C=CSC1=CC=O. The van der Waals surface area contributed by atoms with Gasteiger partial charge in [0.05, 0.1) is 5.03 Å². The fourth-order valence-corrected chi connectivity index (χ4v) is 1.58. The molecule has 10 heavy (non-hydrogen) atoms. The van der Waals surface area contributed by atoms with Gasteiger partial charge in [-0.1, -0.05) is 11.8 Å². The molecule has 0 radical (unpaired) electrons. The molecule has 0 saturated carbocycles. The molecule has 0 aromatic heterocycles. The van der Waals surface area contributed by atoms with Crippen LogP contribution >= 0.6 is 11.8 Å². The molecule has 0 aliphatic carbocycles. The molecule has 0 bridgehead atoms. The predicted octanol–water partition coefficient (Wildman–Crippen LogP) is 1.57. The zero-order chi connectivity index (χ0) is 7.40. The molecule has 1 aliphatic heterocycles. The van der Waals surface area contributed by atoms with Crippen molar-refractivity contribution >= 4 is 18.0 Å². The van der Waals surface area contributed by atoms with Crippen LogP contribution in [0.5, 0.6) is 0 Å². The van der Waals surface area contributed by atoms with Crippen LogP contribution in [0, 0.1) is 0 Å². The molecule has 0 saturated heterocycles. The second-order valence-corrected chi connectivity index (χ2v) is 2.76. The van der Waals surface area contributed by atoms with Crippen molar-refractivity contribution in [1.82, 2.24) is 4.90 Å². The Bertz CT molecular complexity index is 186. The van der Waals surface area contributed by atoms with E-state index in [0.717, 1.165) is 17.9 Å². The van der Waals surface area contributed by atoms with Crippen LogP contribution in [0.3, 0.4) is 0 Å². The van der Waals surface area contributed by atoms with Crippen LogP contribution < -0.4 is 0 Å². The summed E-state index contributed by atoms with van der Waals surface area (Å²) in [5, 5.41) is 2.98.